The lowest BCUT2D eigenvalue weighted by Crippen LogP contribution is -2.47. The Kier molecular flexibility index (Phi) is 7.55. The van der Waals surface area contributed by atoms with Gasteiger partial charge in [0.25, 0.3) is 0 Å². The van der Waals surface area contributed by atoms with Gasteiger partial charge in [0.2, 0.25) is 5.96 Å². The normalized spacial score (nSPS) is 11.3. The van der Waals surface area contributed by atoms with Gasteiger partial charge in [0, 0.05) is 10.7 Å². The Bertz CT molecular complexity index is 646. The molecule has 8 nitrogen and oxygen atoms in total. The molecule has 1 rings (SSSR count). The lowest BCUT2D eigenvalue weighted by molar-refractivity contribution is 0.0545. The number of hydrogen-bond donors (Lipinski definition) is 2. The Morgan fingerprint density at radius 1 is 1.08 bits per heavy atom. The third kappa shape index (κ3) is 9.97. The lowest BCUT2D eigenvalue weighted by Gasteiger charge is -2.22. The van der Waals surface area contributed by atoms with Crippen molar-refractivity contribution in [3.63, 3.8) is 0 Å². The van der Waals surface area contributed by atoms with Crippen molar-refractivity contribution in [1.29, 1.82) is 0 Å². The Hall–Kier alpha value is -2.16. The van der Waals surface area contributed by atoms with E-state index < -0.39 is 23.4 Å². The molecule has 0 saturated heterocycles. The van der Waals surface area contributed by atoms with E-state index in [1.54, 1.807) is 59.9 Å². The summed E-state index contributed by atoms with van der Waals surface area (Å²) < 4.78 is 11.2. The molecular weight excluding hydrogens is 404 g/mol. The highest BCUT2D eigenvalue weighted by atomic mass is 79.9. The number of carbonyl (C=O) groups is 2. The summed E-state index contributed by atoms with van der Waals surface area (Å²) in [6.45, 7) is 10.5. The first-order chi connectivity index (χ1) is 11.8. The van der Waals surface area contributed by atoms with Crippen LogP contribution in [0, 0.1) is 0 Å². The quantitative estimate of drug-likeness (QED) is 0.551. The van der Waals surface area contributed by atoms with Gasteiger partial charge in [0.1, 0.15) is 11.2 Å². The molecule has 0 aliphatic carbocycles. The van der Waals surface area contributed by atoms with Gasteiger partial charge < -0.3 is 9.47 Å². The number of alkyl carbamates (subject to hydrolysis) is 2. The molecule has 2 amide bonds. The van der Waals surface area contributed by atoms with Gasteiger partial charge in [0.15, 0.2) is 0 Å². The monoisotopic (exact) mass is 428 g/mol. The zero-order valence-corrected chi connectivity index (χ0v) is 17.4. The van der Waals surface area contributed by atoms with Crippen LogP contribution < -0.4 is 10.6 Å². The van der Waals surface area contributed by atoms with Gasteiger partial charge in [-0.05, 0) is 53.7 Å². The molecule has 1 heterocycles. The largest absolute Gasteiger partial charge is 0.444 e. The van der Waals surface area contributed by atoms with Gasteiger partial charge in [0.05, 0.1) is 12.2 Å². The summed E-state index contributed by atoms with van der Waals surface area (Å²) in [5.74, 6) is -0.0877. The standard InChI is InChI=1S/C17H25BrN4O4/c1-16(2,3)25-14(23)21-13(22-15(24)26-17(4,5)6)20-10-12-9-11(18)7-8-19-12/h7-9H,10H2,1-6H3,(H2,20,21,22,23,24). The third-order valence-electron chi connectivity index (χ3n) is 2.42. The number of rotatable bonds is 2. The van der Waals surface area contributed by atoms with Crippen molar-refractivity contribution in [1.82, 2.24) is 15.6 Å². The molecular formula is C17H25BrN4O4. The second kappa shape index (κ2) is 8.98. The van der Waals surface area contributed by atoms with E-state index in [1.165, 1.54) is 0 Å². The zero-order chi connectivity index (χ0) is 20.0. The highest BCUT2D eigenvalue weighted by Gasteiger charge is 2.21. The van der Waals surface area contributed by atoms with E-state index in [0.717, 1.165) is 4.47 Å². The number of pyridine rings is 1. The minimum absolute atomic E-state index is 0.0877. The van der Waals surface area contributed by atoms with E-state index in [0.29, 0.717) is 5.69 Å². The van der Waals surface area contributed by atoms with Crippen LogP contribution in [-0.2, 0) is 16.0 Å². The number of ether oxygens (including phenoxy) is 2. The maximum atomic E-state index is 12.0. The van der Waals surface area contributed by atoms with E-state index in [-0.39, 0.29) is 12.5 Å². The van der Waals surface area contributed by atoms with E-state index in [4.69, 9.17) is 9.47 Å². The predicted octanol–water partition coefficient (Wildman–Crippen LogP) is 3.75. The molecule has 0 bridgehead atoms. The van der Waals surface area contributed by atoms with E-state index in [1.807, 2.05) is 0 Å². The molecule has 0 spiro atoms. The highest BCUT2D eigenvalue weighted by molar-refractivity contribution is 9.10. The third-order valence-corrected chi connectivity index (χ3v) is 2.91. The van der Waals surface area contributed by atoms with Crippen molar-refractivity contribution in [2.75, 3.05) is 0 Å². The molecule has 0 aromatic carbocycles. The van der Waals surface area contributed by atoms with Crippen LogP contribution in [0.3, 0.4) is 0 Å². The molecule has 0 fully saturated rings. The number of aliphatic imine (C=N–C) groups is 1. The number of carbonyl (C=O) groups excluding carboxylic acids is 2. The highest BCUT2D eigenvalue weighted by Crippen LogP contribution is 2.10. The van der Waals surface area contributed by atoms with Gasteiger partial charge in [-0.15, -0.1) is 0 Å². The molecule has 144 valence electrons. The van der Waals surface area contributed by atoms with E-state index in [9.17, 15) is 9.59 Å². The summed E-state index contributed by atoms with van der Waals surface area (Å²) in [5.41, 5.74) is -0.728. The van der Waals surface area contributed by atoms with Crippen LogP contribution in [0.2, 0.25) is 0 Å². The van der Waals surface area contributed by atoms with Gasteiger partial charge in [-0.2, -0.15) is 0 Å². The van der Waals surface area contributed by atoms with Crippen molar-refractivity contribution in [3.8, 4) is 0 Å². The Labute approximate surface area is 161 Å². The molecule has 0 radical (unpaired) electrons. The number of hydrogen-bond acceptors (Lipinski definition) is 6. The molecule has 1 aromatic heterocycles. The topological polar surface area (TPSA) is 102 Å². The maximum Gasteiger partial charge on any atom is 0.414 e. The average molecular weight is 429 g/mol. The molecule has 0 atom stereocenters. The zero-order valence-electron chi connectivity index (χ0n) is 15.8. The van der Waals surface area contributed by atoms with Crippen LogP contribution >= 0.6 is 15.9 Å². The van der Waals surface area contributed by atoms with E-state index in [2.05, 4.69) is 36.5 Å². The van der Waals surface area contributed by atoms with Crippen molar-refractivity contribution in [3.05, 3.63) is 28.5 Å². The Morgan fingerprint density at radius 2 is 1.58 bits per heavy atom. The van der Waals surface area contributed by atoms with E-state index >= 15 is 0 Å². The van der Waals surface area contributed by atoms with Gasteiger partial charge in [-0.1, -0.05) is 15.9 Å². The number of nitrogens with zero attached hydrogens (tertiary/aromatic N) is 2. The van der Waals surface area contributed by atoms with Crippen LogP contribution in [-0.4, -0.2) is 34.3 Å². The first kappa shape index (κ1) is 21.9. The minimum atomic E-state index is -0.741. The number of nitrogens with one attached hydrogen (secondary N) is 2. The van der Waals surface area contributed by atoms with Crippen molar-refractivity contribution in [2.45, 2.75) is 59.3 Å². The number of guanidine groups is 1. The second-order valence-electron chi connectivity index (χ2n) is 7.38. The van der Waals surface area contributed by atoms with Crippen LogP contribution in [0.5, 0.6) is 0 Å². The summed E-state index contributed by atoms with van der Waals surface area (Å²) in [7, 11) is 0. The van der Waals surface area contributed by atoms with Crippen molar-refractivity contribution in [2.24, 2.45) is 4.99 Å². The number of amides is 2. The maximum absolute atomic E-state index is 12.0. The number of halogens is 1. The molecule has 0 aliphatic rings. The molecule has 0 aliphatic heterocycles. The number of aromatic nitrogens is 1. The van der Waals surface area contributed by atoms with Crippen LogP contribution in [0.25, 0.3) is 0 Å². The Balaban J connectivity index is 2.87. The lowest BCUT2D eigenvalue weighted by atomic mass is 10.2. The average Bonchev–Trinajstić information content (AvgIpc) is 2.40. The first-order valence-electron chi connectivity index (χ1n) is 7.99. The van der Waals surface area contributed by atoms with Gasteiger partial charge in [-0.3, -0.25) is 15.6 Å². The summed E-state index contributed by atoms with van der Waals surface area (Å²) in [4.78, 5) is 32.3. The van der Waals surface area contributed by atoms with Crippen LogP contribution in [0.1, 0.15) is 47.2 Å². The fraction of sp³-hybridized carbons (Fsp3) is 0.529. The molecule has 0 saturated carbocycles. The fourth-order valence-corrected chi connectivity index (χ4v) is 1.99. The van der Waals surface area contributed by atoms with Crippen molar-refractivity contribution < 1.29 is 19.1 Å². The van der Waals surface area contributed by atoms with Crippen molar-refractivity contribution >= 4 is 34.1 Å². The molecule has 1 aromatic rings. The van der Waals surface area contributed by atoms with Crippen LogP contribution in [0.15, 0.2) is 27.8 Å². The molecule has 9 heteroatoms. The smallest absolute Gasteiger partial charge is 0.414 e. The fourth-order valence-electron chi connectivity index (χ4n) is 1.61. The second-order valence-corrected chi connectivity index (χ2v) is 8.30. The minimum Gasteiger partial charge on any atom is -0.444 e. The predicted molar refractivity (Wildman–Crippen MR) is 102 cm³/mol. The Morgan fingerprint density at radius 3 is 2.00 bits per heavy atom. The first-order valence-corrected chi connectivity index (χ1v) is 8.78. The van der Waals surface area contributed by atoms with Gasteiger partial charge in [-0.25, -0.2) is 14.6 Å². The summed E-state index contributed by atoms with van der Waals surface area (Å²) in [6, 6.07) is 3.56. The summed E-state index contributed by atoms with van der Waals surface area (Å²) in [5, 5.41) is 4.82. The molecule has 0 unspecified atom stereocenters. The summed E-state index contributed by atoms with van der Waals surface area (Å²) in [6.07, 6.45) is 0.140. The summed E-state index contributed by atoms with van der Waals surface area (Å²) >= 11 is 3.35. The van der Waals surface area contributed by atoms with Gasteiger partial charge >= 0.3 is 12.2 Å². The molecule has 2 N–H and O–H groups in total. The molecule has 26 heavy (non-hydrogen) atoms. The SMILES string of the molecule is CC(C)(C)OC(=O)NC(=NCc1cc(Br)ccn1)NC(=O)OC(C)(C)C. The van der Waals surface area contributed by atoms with Crippen LogP contribution in [0.4, 0.5) is 9.59 Å².